The van der Waals surface area contributed by atoms with Crippen LogP contribution >= 0.6 is 0 Å². The maximum absolute atomic E-state index is 11.0. The highest BCUT2D eigenvalue weighted by molar-refractivity contribution is 5.48. The predicted octanol–water partition coefficient (Wildman–Crippen LogP) is 3.24. The van der Waals surface area contributed by atoms with Crippen molar-refractivity contribution in [2.24, 2.45) is 0 Å². The minimum atomic E-state index is -0.488. The van der Waals surface area contributed by atoms with Gasteiger partial charge in [0.2, 0.25) is 5.65 Å². The smallest absolute Gasteiger partial charge is 0.363 e. The molecule has 0 spiro atoms. The van der Waals surface area contributed by atoms with E-state index in [0.717, 1.165) is 12.1 Å². The Labute approximate surface area is 157 Å². The molecule has 0 atom stereocenters. The SMILES string of the molecule is O=[N+]([O-])c1cnc2ccc(NCc3ccc(CN4CCCCC4)cc3)nn12. The van der Waals surface area contributed by atoms with Crippen molar-refractivity contribution in [2.75, 3.05) is 18.4 Å². The number of nitrogens with zero attached hydrogens (tertiary/aromatic N) is 5. The van der Waals surface area contributed by atoms with Crippen molar-refractivity contribution >= 4 is 17.3 Å². The number of nitro groups is 1. The van der Waals surface area contributed by atoms with Crippen LogP contribution in [0.3, 0.4) is 0 Å². The van der Waals surface area contributed by atoms with Gasteiger partial charge in [-0.1, -0.05) is 40.3 Å². The van der Waals surface area contributed by atoms with Crippen LogP contribution in [0, 0.1) is 10.1 Å². The number of fused-ring (bicyclic) bond motifs is 1. The molecule has 1 saturated heterocycles. The third-order valence-corrected chi connectivity index (χ3v) is 4.88. The first-order valence-corrected chi connectivity index (χ1v) is 9.22. The van der Waals surface area contributed by atoms with Crippen molar-refractivity contribution in [3.63, 3.8) is 0 Å². The fourth-order valence-corrected chi connectivity index (χ4v) is 3.41. The summed E-state index contributed by atoms with van der Waals surface area (Å²) >= 11 is 0. The van der Waals surface area contributed by atoms with Crippen LogP contribution in [0.1, 0.15) is 30.4 Å². The lowest BCUT2D eigenvalue weighted by Gasteiger charge is -2.26. The third kappa shape index (κ3) is 4.06. The normalized spacial score (nSPS) is 15.1. The summed E-state index contributed by atoms with van der Waals surface area (Å²) < 4.78 is 1.24. The second kappa shape index (κ2) is 7.71. The Balaban J connectivity index is 1.38. The van der Waals surface area contributed by atoms with Gasteiger partial charge in [-0.05, 0) is 48.0 Å². The predicted molar refractivity (Wildman–Crippen MR) is 103 cm³/mol. The highest BCUT2D eigenvalue weighted by atomic mass is 16.6. The van der Waals surface area contributed by atoms with E-state index >= 15 is 0 Å². The number of piperidine rings is 1. The van der Waals surface area contributed by atoms with E-state index in [2.05, 4.69) is 44.6 Å². The van der Waals surface area contributed by atoms with Gasteiger partial charge in [-0.2, -0.15) is 0 Å². The van der Waals surface area contributed by atoms with Crippen molar-refractivity contribution in [1.82, 2.24) is 19.5 Å². The van der Waals surface area contributed by atoms with Crippen LogP contribution in [-0.2, 0) is 13.1 Å². The summed E-state index contributed by atoms with van der Waals surface area (Å²) in [6, 6.07) is 12.1. The molecule has 0 saturated carbocycles. The molecule has 0 unspecified atom stereocenters. The van der Waals surface area contributed by atoms with E-state index in [1.165, 1.54) is 48.6 Å². The van der Waals surface area contributed by atoms with Gasteiger partial charge in [0.05, 0.1) is 0 Å². The maximum atomic E-state index is 11.0. The first kappa shape index (κ1) is 17.4. The number of aromatic nitrogens is 3. The molecule has 1 aliphatic heterocycles. The Bertz CT molecular complexity index is 931. The standard InChI is InChI=1S/C19H22N6O2/c26-25(27)19-13-21-18-9-8-17(22-24(18)19)20-12-15-4-6-16(7-5-15)14-23-10-2-1-3-11-23/h4-9,13H,1-3,10-12,14H2,(H,20,22). The number of rotatable bonds is 6. The van der Waals surface area contributed by atoms with E-state index in [1.807, 2.05) is 0 Å². The molecule has 1 N–H and O–H groups in total. The molecule has 140 valence electrons. The van der Waals surface area contributed by atoms with Gasteiger partial charge in [0.25, 0.3) is 0 Å². The molecule has 3 aromatic rings. The molecule has 0 aliphatic carbocycles. The monoisotopic (exact) mass is 366 g/mol. The number of likely N-dealkylation sites (tertiary alicyclic amines) is 1. The number of anilines is 1. The Morgan fingerprint density at radius 3 is 2.52 bits per heavy atom. The first-order valence-electron chi connectivity index (χ1n) is 9.22. The summed E-state index contributed by atoms with van der Waals surface area (Å²) in [6.45, 7) is 4.00. The summed E-state index contributed by atoms with van der Waals surface area (Å²) in [5.41, 5.74) is 2.92. The van der Waals surface area contributed by atoms with Gasteiger partial charge in [0.1, 0.15) is 6.20 Å². The summed E-state index contributed by atoms with van der Waals surface area (Å²) in [5.74, 6) is 0.428. The Morgan fingerprint density at radius 1 is 1.04 bits per heavy atom. The molecule has 0 amide bonds. The van der Waals surface area contributed by atoms with Crippen LogP contribution in [0.2, 0.25) is 0 Å². The van der Waals surface area contributed by atoms with Crippen LogP contribution in [0.15, 0.2) is 42.6 Å². The topological polar surface area (TPSA) is 88.6 Å². The summed E-state index contributed by atoms with van der Waals surface area (Å²) in [5, 5.41) is 18.5. The molecule has 0 bridgehead atoms. The minimum Gasteiger partial charge on any atom is -0.363 e. The van der Waals surface area contributed by atoms with E-state index in [-0.39, 0.29) is 5.82 Å². The summed E-state index contributed by atoms with van der Waals surface area (Å²) in [6.07, 6.45) is 5.17. The van der Waals surface area contributed by atoms with Crippen LogP contribution in [0.4, 0.5) is 11.6 Å². The van der Waals surface area contributed by atoms with E-state index in [0.29, 0.717) is 18.0 Å². The molecular weight excluding hydrogens is 344 g/mol. The first-order chi connectivity index (χ1) is 13.2. The Hall–Kier alpha value is -3.00. The Kier molecular flexibility index (Phi) is 4.97. The van der Waals surface area contributed by atoms with Gasteiger partial charge in [0.15, 0.2) is 5.82 Å². The lowest BCUT2D eigenvalue weighted by atomic mass is 10.1. The molecule has 8 heteroatoms. The number of hydrogen-bond donors (Lipinski definition) is 1. The van der Waals surface area contributed by atoms with Gasteiger partial charge in [-0.3, -0.25) is 4.90 Å². The largest absolute Gasteiger partial charge is 0.368 e. The van der Waals surface area contributed by atoms with E-state index in [1.54, 1.807) is 12.1 Å². The second-order valence-electron chi connectivity index (χ2n) is 6.87. The van der Waals surface area contributed by atoms with Crippen LogP contribution in [0.5, 0.6) is 0 Å². The molecule has 1 fully saturated rings. The van der Waals surface area contributed by atoms with E-state index in [4.69, 9.17) is 0 Å². The average molecular weight is 366 g/mol. The van der Waals surface area contributed by atoms with Crippen molar-refractivity contribution in [1.29, 1.82) is 0 Å². The maximum Gasteiger partial charge on any atom is 0.368 e. The zero-order chi connectivity index (χ0) is 18.6. The summed E-state index contributed by atoms with van der Waals surface area (Å²) in [4.78, 5) is 17.0. The molecule has 8 nitrogen and oxygen atoms in total. The quantitative estimate of drug-likeness (QED) is 0.532. The minimum absolute atomic E-state index is 0.143. The van der Waals surface area contributed by atoms with E-state index < -0.39 is 4.92 Å². The van der Waals surface area contributed by atoms with Crippen molar-refractivity contribution < 1.29 is 4.92 Å². The van der Waals surface area contributed by atoms with Crippen LogP contribution in [-0.4, -0.2) is 37.5 Å². The van der Waals surface area contributed by atoms with E-state index in [9.17, 15) is 10.1 Å². The fraction of sp³-hybridized carbons (Fsp3) is 0.368. The van der Waals surface area contributed by atoms with Gasteiger partial charge < -0.3 is 15.4 Å². The number of benzene rings is 1. The molecule has 0 radical (unpaired) electrons. The molecule has 4 rings (SSSR count). The van der Waals surface area contributed by atoms with Crippen LogP contribution in [0.25, 0.3) is 5.65 Å². The molecular formula is C19H22N6O2. The molecule has 3 heterocycles. The zero-order valence-corrected chi connectivity index (χ0v) is 15.0. The average Bonchev–Trinajstić information content (AvgIpc) is 3.12. The second-order valence-corrected chi connectivity index (χ2v) is 6.87. The highest BCUT2D eigenvalue weighted by Crippen LogP contribution is 2.16. The fourth-order valence-electron chi connectivity index (χ4n) is 3.41. The number of imidazole rings is 1. The summed E-state index contributed by atoms with van der Waals surface area (Å²) in [7, 11) is 0. The van der Waals surface area contributed by atoms with Gasteiger partial charge >= 0.3 is 5.82 Å². The molecule has 1 aliphatic rings. The van der Waals surface area contributed by atoms with Crippen LogP contribution < -0.4 is 5.32 Å². The van der Waals surface area contributed by atoms with Gasteiger partial charge in [0, 0.05) is 19.2 Å². The lowest BCUT2D eigenvalue weighted by molar-refractivity contribution is -0.391. The number of hydrogen-bond acceptors (Lipinski definition) is 6. The lowest BCUT2D eigenvalue weighted by Crippen LogP contribution is -2.29. The van der Waals surface area contributed by atoms with Gasteiger partial charge in [-0.15, -0.1) is 0 Å². The van der Waals surface area contributed by atoms with Crippen molar-refractivity contribution in [3.8, 4) is 0 Å². The highest BCUT2D eigenvalue weighted by Gasteiger charge is 2.16. The van der Waals surface area contributed by atoms with Gasteiger partial charge in [-0.25, -0.2) is 4.98 Å². The molecule has 2 aromatic heterocycles. The van der Waals surface area contributed by atoms with Crippen molar-refractivity contribution in [2.45, 2.75) is 32.4 Å². The Morgan fingerprint density at radius 2 is 1.78 bits per heavy atom. The zero-order valence-electron chi connectivity index (χ0n) is 15.0. The molecule has 27 heavy (non-hydrogen) atoms. The van der Waals surface area contributed by atoms with Crippen molar-refractivity contribution in [3.05, 3.63) is 63.8 Å². The number of nitrogens with one attached hydrogen (secondary N) is 1. The molecule has 1 aromatic carbocycles. The third-order valence-electron chi connectivity index (χ3n) is 4.88.